The van der Waals surface area contributed by atoms with Crippen molar-refractivity contribution in [3.05, 3.63) is 72.4 Å². The molecule has 28 heavy (non-hydrogen) atoms. The standard InChI is InChI=1S/C22H22N4O2/c1-28-19-7-3-2-6-18(19)21-20(24-12-13-25-21)17-5-4-14-26(15-17)22(27)16-8-10-23-11-9-16/h2-3,6-13,17H,4-5,14-15H2,1H3/t17-/m1/s1. The van der Waals surface area contributed by atoms with Crippen LogP contribution in [0.25, 0.3) is 11.3 Å². The average molecular weight is 374 g/mol. The molecule has 142 valence electrons. The Morgan fingerprint density at radius 3 is 2.68 bits per heavy atom. The van der Waals surface area contributed by atoms with Crippen LogP contribution < -0.4 is 4.74 Å². The molecule has 0 spiro atoms. The Morgan fingerprint density at radius 1 is 1.07 bits per heavy atom. The molecular formula is C22H22N4O2. The Balaban J connectivity index is 1.64. The topological polar surface area (TPSA) is 68.2 Å². The van der Waals surface area contributed by atoms with Gasteiger partial charge in [0.1, 0.15) is 5.75 Å². The first-order valence-corrected chi connectivity index (χ1v) is 9.41. The van der Waals surface area contributed by atoms with E-state index in [0.29, 0.717) is 12.1 Å². The highest BCUT2D eigenvalue weighted by atomic mass is 16.5. The highest BCUT2D eigenvalue weighted by molar-refractivity contribution is 5.94. The molecule has 1 aliphatic rings. The van der Waals surface area contributed by atoms with E-state index in [1.165, 1.54) is 0 Å². The summed E-state index contributed by atoms with van der Waals surface area (Å²) >= 11 is 0. The molecule has 0 unspecified atom stereocenters. The highest BCUT2D eigenvalue weighted by Crippen LogP contribution is 2.35. The van der Waals surface area contributed by atoms with Crippen molar-refractivity contribution in [3.63, 3.8) is 0 Å². The van der Waals surface area contributed by atoms with E-state index in [2.05, 4.69) is 15.0 Å². The molecule has 6 heteroatoms. The maximum absolute atomic E-state index is 12.9. The van der Waals surface area contributed by atoms with Crippen molar-refractivity contribution >= 4 is 5.91 Å². The second-order valence-electron chi connectivity index (χ2n) is 6.82. The fourth-order valence-electron chi connectivity index (χ4n) is 3.76. The zero-order valence-electron chi connectivity index (χ0n) is 15.8. The number of methoxy groups -OCH3 is 1. The molecule has 1 aromatic carbocycles. The number of hydrogen-bond donors (Lipinski definition) is 0. The van der Waals surface area contributed by atoms with Crippen molar-refractivity contribution in [2.45, 2.75) is 18.8 Å². The van der Waals surface area contributed by atoms with Crippen LogP contribution >= 0.6 is 0 Å². The molecule has 0 saturated carbocycles. The number of ether oxygens (including phenoxy) is 1. The number of benzene rings is 1. The quantitative estimate of drug-likeness (QED) is 0.698. The van der Waals surface area contributed by atoms with Gasteiger partial charge in [-0.25, -0.2) is 0 Å². The van der Waals surface area contributed by atoms with Crippen LogP contribution in [-0.4, -0.2) is 46.0 Å². The second kappa shape index (κ2) is 8.17. The third-order valence-electron chi connectivity index (χ3n) is 5.11. The molecule has 1 saturated heterocycles. The first kappa shape index (κ1) is 18.1. The summed E-state index contributed by atoms with van der Waals surface area (Å²) in [5, 5.41) is 0. The summed E-state index contributed by atoms with van der Waals surface area (Å²) in [7, 11) is 1.66. The lowest BCUT2D eigenvalue weighted by Gasteiger charge is -2.33. The maximum Gasteiger partial charge on any atom is 0.253 e. The fraction of sp³-hybridized carbons (Fsp3) is 0.273. The van der Waals surface area contributed by atoms with Gasteiger partial charge in [-0.1, -0.05) is 12.1 Å². The van der Waals surface area contributed by atoms with Crippen LogP contribution in [0.15, 0.2) is 61.2 Å². The van der Waals surface area contributed by atoms with Crippen LogP contribution in [0.5, 0.6) is 5.75 Å². The van der Waals surface area contributed by atoms with E-state index in [1.54, 1.807) is 44.0 Å². The molecular weight excluding hydrogens is 352 g/mol. The SMILES string of the molecule is COc1ccccc1-c1nccnc1[C@@H]1CCCN(C(=O)c2ccncc2)C1. The van der Waals surface area contributed by atoms with E-state index in [9.17, 15) is 4.79 Å². The zero-order valence-corrected chi connectivity index (χ0v) is 15.8. The number of rotatable bonds is 4. The van der Waals surface area contributed by atoms with Crippen molar-refractivity contribution in [2.75, 3.05) is 20.2 Å². The van der Waals surface area contributed by atoms with Gasteiger partial charge in [-0.15, -0.1) is 0 Å². The number of carbonyl (C=O) groups is 1. The van der Waals surface area contributed by atoms with Gasteiger partial charge in [0.15, 0.2) is 0 Å². The van der Waals surface area contributed by atoms with Gasteiger partial charge in [-0.05, 0) is 37.1 Å². The number of piperidine rings is 1. The van der Waals surface area contributed by atoms with Crippen molar-refractivity contribution < 1.29 is 9.53 Å². The molecule has 1 amide bonds. The molecule has 2 aromatic heterocycles. The van der Waals surface area contributed by atoms with Gasteiger partial charge in [-0.2, -0.15) is 0 Å². The van der Waals surface area contributed by atoms with Gasteiger partial charge in [0.25, 0.3) is 5.91 Å². The van der Waals surface area contributed by atoms with Crippen molar-refractivity contribution in [2.24, 2.45) is 0 Å². The Bertz CT molecular complexity index is 962. The smallest absolute Gasteiger partial charge is 0.253 e. The van der Waals surface area contributed by atoms with E-state index in [-0.39, 0.29) is 11.8 Å². The molecule has 3 aromatic rings. The third kappa shape index (κ3) is 3.58. The minimum Gasteiger partial charge on any atom is -0.496 e. The number of likely N-dealkylation sites (tertiary alicyclic amines) is 1. The van der Waals surface area contributed by atoms with E-state index in [1.807, 2.05) is 29.2 Å². The number of aromatic nitrogens is 3. The summed E-state index contributed by atoms with van der Waals surface area (Å²) in [4.78, 5) is 28.0. The number of carbonyl (C=O) groups excluding carboxylic acids is 1. The number of amides is 1. The first-order valence-electron chi connectivity index (χ1n) is 9.41. The van der Waals surface area contributed by atoms with Gasteiger partial charge in [0.05, 0.1) is 18.5 Å². The summed E-state index contributed by atoms with van der Waals surface area (Å²) in [6.07, 6.45) is 8.63. The minimum absolute atomic E-state index is 0.0369. The highest BCUT2D eigenvalue weighted by Gasteiger charge is 2.29. The Kier molecular flexibility index (Phi) is 5.28. The molecule has 0 radical (unpaired) electrons. The minimum atomic E-state index is 0.0369. The molecule has 1 aliphatic heterocycles. The van der Waals surface area contributed by atoms with Crippen molar-refractivity contribution in [1.29, 1.82) is 0 Å². The number of hydrogen-bond acceptors (Lipinski definition) is 5. The molecule has 0 aliphatic carbocycles. The van der Waals surface area contributed by atoms with Crippen LogP contribution in [-0.2, 0) is 0 Å². The predicted molar refractivity (Wildman–Crippen MR) is 106 cm³/mol. The zero-order chi connectivity index (χ0) is 19.3. The molecule has 0 N–H and O–H groups in total. The van der Waals surface area contributed by atoms with E-state index in [4.69, 9.17) is 4.74 Å². The van der Waals surface area contributed by atoms with Crippen molar-refractivity contribution in [1.82, 2.24) is 19.9 Å². The van der Waals surface area contributed by atoms with Gasteiger partial charge < -0.3 is 9.64 Å². The molecule has 1 fully saturated rings. The van der Waals surface area contributed by atoms with Crippen LogP contribution in [0.1, 0.15) is 34.8 Å². The van der Waals surface area contributed by atoms with Gasteiger partial charge >= 0.3 is 0 Å². The summed E-state index contributed by atoms with van der Waals surface area (Å²) in [6.45, 7) is 1.38. The summed E-state index contributed by atoms with van der Waals surface area (Å²) in [5.41, 5.74) is 3.33. The molecule has 0 bridgehead atoms. The monoisotopic (exact) mass is 374 g/mol. The fourth-order valence-corrected chi connectivity index (χ4v) is 3.76. The normalized spacial score (nSPS) is 16.6. The molecule has 6 nitrogen and oxygen atoms in total. The van der Waals surface area contributed by atoms with Crippen LogP contribution in [0.4, 0.5) is 0 Å². The van der Waals surface area contributed by atoms with E-state index >= 15 is 0 Å². The van der Waals surface area contributed by atoms with Crippen molar-refractivity contribution in [3.8, 4) is 17.0 Å². The maximum atomic E-state index is 12.9. The summed E-state index contributed by atoms with van der Waals surface area (Å²) in [6, 6.07) is 11.3. The van der Waals surface area contributed by atoms with Gasteiger partial charge in [0.2, 0.25) is 0 Å². The number of pyridine rings is 1. The van der Waals surface area contributed by atoms with Crippen LogP contribution in [0, 0.1) is 0 Å². The second-order valence-corrected chi connectivity index (χ2v) is 6.82. The van der Waals surface area contributed by atoms with Gasteiger partial charge in [-0.3, -0.25) is 19.7 Å². The van der Waals surface area contributed by atoms with Gasteiger partial charge in [0, 0.05) is 54.9 Å². The Hall–Kier alpha value is -3.28. The summed E-state index contributed by atoms with van der Waals surface area (Å²) < 4.78 is 5.52. The first-order chi connectivity index (χ1) is 13.8. The third-order valence-corrected chi connectivity index (χ3v) is 5.11. The number of para-hydroxylation sites is 1. The predicted octanol–water partition coefficient (Wildman–Crippen LogP) is 3.57. The number of nitrogens with zero attached hydrogens (tertiary/aromatic N) is 4. The Labute approximate surface area is 164 Å². The van der Waals surface area contributed by atoms with Crippen LogP contribution in [0.3, 0.4) is 0 Å². The van der Waals surface area contributed by atoms with Crippen LogP contribution in [0.2, 0.25) is 0 Å². The Morgan fingerprint density at radius 2 is 1.86 bits per heavy atom. The lowest BCUT2D eigenvalue weighted by atomic mass is 9.91. The lowest BCUT2D eigenvalue weighted by molar-refractivity contribution is 0.0706. The largest absolute Gasteiger partial charge is 0.496 e. The van der Waals surface area contributed by atoms with E-state index < -0.39 is 0 Å². The van der Waals surface area contributed by atoms with E-state index in [0.717, 1.165) is 42.1 Å². The summed E-state index contributed by atoms with van der Waals surface area (Å²) in [5.74, 6) is 0.938. The lowest BCUT2D eigenvalue weighted by Crippen LogP contribution is -2.39. The molecule has 4 rings (SSSR count). The average Bonchev–Trinajstić information content (AvgIpc) is 2.79. The molecule has 1 atom stereocenters. The molecule has 3 heterocycles.